The Kier molecular flexibility index (Phi) is 1.99. The predicted molar refractivity (Wildman–Crippen MR) is 52.0 cm³/mol. The second-order valence-corrected chi connectivity index (χ2v) is 3.45. The first-order valence-corrected chi connectivity index (χ1v) is 4.59. The van der Waals surface area contributed by atoms with Gasteiger partial charge < -0.3 is 0 Å². The molecule has 1 saturated carbocycles. The van der Waals surface area contributed by atoms with Gasteiger partial charge in [-0.05, 0) is 31.2 Å². The van der Waals surface area contributed by atoms with E-state index >= 15 is 0 Å². The summed E-state index contributed by atoms with van der Waals surface area (Å²) in [5.41, 5.74) is 3.11. The standard InChI is InChI=1S/C12H14/c1-2-11-9-12(11)8-10-6-4-3-5-7-10/h2-7,12H,8-9H2,1H3/b11-2+. The molecule has 0 spiro atoms. The molecule has 1 atom stereocenters. The lowest BCUT2D eigenvalue weighted by atomic mass is 10.1. The topological polar surface area (TPSA) is 0 Å². The number of benzene rings is 1. The van der Waals surface area contributed by atoms with Gasteiger partial charge in [0.1, 0.15) is 0 Å². The van der Waals surface area contributed by atoms with Gasteiger partial charge in [-0.2, -0.15) is 0 Å². The zero-order valence-electron chi connectivity index (χ0n) is 7.46. The van der Waals surface area contributed by atoms with Crippen molar-refractivity contribution in [2.75, 3.05) is 0 Å². The van der Waals surface area contributed by atoms with Crippen molar-refractivity contribution in [1.29, 1.82) is 0 Å². The summed E-state index contributed by atoms with van der Waals surface area (Å²) in [4.78, 5) is 0. The molecule has 1 aromatic rings. The van der Waals surface area contributed by atoms with Crippen molar-refractivity contribution in [3.63, 3.8) is 0 Å². The van der Waals surface area contributed by atoms with Gasteiger partial charge in [-0.25, -0.2) is 0 Å². The number of hydrogen-bond acceptors (Lipinski definition) is 0. The monoisotopic (exact) mass is 158 g/mol. The molecule has 0 bridgehead atoms. The fourth-order valence-electron chi connectivity index (χ4n) is 1.68. The van der Waals surface area contributed by atoms with Crippen LogP contribution in [0.15, 0.2) is 42.0 Å². The lowest BCUT2D eigenvalue weighted by Crippen LogP contribution is -1.85. The van der Waals surface area contributed by atoms with Crippen LogP contribution < -0.4 is 0 Å². The molecule has 0 heteroatoms. The van der Waals surface area contributed by atoms with Gasteiger partial charge >= 0.3 is 0 Å². The van der Waals surface area contributed by atoms with E-state index in [9.17, 15) is 0 Å². The van der Waals surface area contributed by atoms with E-state index in [0.717, 1.165) is 5.92 Å². The van der Waals surface area contributed by atoms with Gasteiger partial charge in [-0.1, -0.05) is 42.0 Å². The van der Waals surface area contributed by atoms with E-state index in [-0.39, 0.29) is 0 Å². The van der Waals surface area contributed by atoms with Crippen molar-refractivity contribution in [3.05, 3.63) is 47.5 Å². The molecule has 2 rings (SSSR count). The average Bonchev–Trinajstić information content (AvgIpc) is 2.85. The van der Waals surface area contributed by atoms with Crippen LogP contribution in [0.2, 0.25) is 0 Å². The van der Waals surface area contributed by atoms with Gasteiger partial charge in [0.25, 0.3) is 0 Å². The Labute approximate surface area is 73.9 Å². The zero-order chi connectivity index (χ0) is 8.39. The SMILES string of the molecule is C/C=C1\CC1Cc1ccccc1. The molecule has 62 valence electrons. The Hall–Kier alpha value is -1.04. The number of allylic oxidation sites excluding steroid dienone is 2. The first-order valence-electron chi connectivity index (χ1n) is 4.59. The molecule has 0 amide bonds. The van der Waals surface area contributed by atoms with E-state index in [4.69, 9.17) is 0 Å². The minimum Gasteiger partial charge on any atom is -0.0881 e. The van der Waals surface area contributed by atoms with Gasteiger partial charge in [0, 0.05) is 0 Å². The normalized spacial score (nSPS) is 24.4. The fourth-order valence-corrected chi connectivity index (χ4v) is 1.68. The lowest BCUT2D eigenvalue weighted by molar-refractivity contribution is 0.860. The van der Waals surface area contributed by atoms with E-state index in [0.29, 0.717) is 0 Å². The van der Waals surface area contributed by atoms with Crippen molar-refractivity contribution < 1.29 is 0 Å². The first-order chi connectivity index (χ1) is 5.90. The Balaban J connectivity index is 1.98. The summed E-state index contributed by atoms with van der Waals surface area (Å²) in [7, 11) is 0. The van der Waals surface area contributed by atoms with Crippen LogP contribution >= 0.6 is 0 Å². The summed E-state index contributed by atoms with van der Waals surface area (Å²) < 4.78 is 0. The average molecular weight is 158 g/mol. The van der Waals surface area contributed by atoms with Crippen LogP contribution in [-0.2, 0) is 6.42 Å². The van der Waals surface area contributed by atoms with Crippen molar-refractivity contribution in [2.24, 2.45) is 5.92 Å². The molecule has 1 fully saturated rings. The first kappa shape index (κ1) is 7.60. The lowest BCUT2D eigenvalue weighted by Gasteiger charge is -1.96. The third kappa shape index (κ3) is 1.58. The molecule has 0 radical (unpaired) electrons. The maximum absolute atomic E-state index is 2.26. The highest BCUT2D eigenvalue weighted by atomic mass is 14.3. The van der Waals surface area contributed by atoms with E-state index in [1.807, 2.05) is 0 Å². The van der Waals surface area contributed by atoms with Gasteiger partial charge in [-0.3, -0.25) is 0 Å². The minimum absolute atomic E-state index is 0.859. The second kappa shape index (κ2) is 3.14. The van der Waals surface area contributed by atoms with E-state index < -0.39 is 0 Å². The summed E-state index contributed by atoms with van der Waals surface area (Å²) in [6.45, 7) is 2.14. The largest absolute Gasteiger partial charge is 0.0881 e. The summed E-state index contributed by atoms with van der Waals surface area (Å²) in [6, 6.07) is 10.7. The Morgan fingerprint density at radius 2 is 2.08 bits per heavy atom. The summed E-state index contributed by atoms with van der Waals surface area (Å²) in [5.74, 6) is 0.859. The smallest absolute Gasteiger partial charge is 0.0125 e. The zero-order valence-corrected chi connectivity index (χ0v) is 7.46. The third-order valence-corrected chi connectivity index (χ3v) is 2.54. The molecule has 0 nitrogen and oxygen atoms in total. The molecule has 0 aliphatic heterocycles. The quantitative estimate of drug-likeness (QED) is 0.580. The van der Waals surface area contributed by atoms with Crippen LogP contribution in [-0.4, -0.2) is 0 Å². The number of hydrogen-bond donors (Lipinski definition) is 0. The van der Waals surface area contributed by atoms with Crippen LogP contribution in [0.4, 0.5) is 0 Å². The molecule has 1 aliphatic carbocycles. The maximum Gasteiger partial charge on any atom is -0.0125 e. The Bertz CT molecular complexity index is 282. The highest BCUT2D eigenvalue weighted by Crippen LogP contribution is 2.39. The van der Waals surface area contributed by atoms with Crippen LogP contribution in [0.5, 0.6) is 0 Å². The highest BCUT2D eigenvalue weighted by Gasteiger charge is 2.27. The van der Waals surface area contributed by atoms with Gasteiger partial charge in [0.05, 0.1) is 0 Å². The Morgan fingerprint density at radius 1 is 1.33 bits per heavy atom. The summed E-state index contributed by atoms with van der Waals surface area (Å²) in [5, 5.41) is 0. The van der Waals surface area contributed by atoms with E-state index in [1.165, 1.54) is 18.4 Å². The highest BCUT2D eigenvalue weighted by molar-refractivity contribution is 5.27. The van der Waals surface area contributed by atoms with E-state index in [1.54, 1.807) is 5.57 Å². The van der Waals surface area contributed by atoms with Gasteiger partial charge in [0.2, 0.25) is 0 Å². The number of rotatable bonds is 2. The molecule has 0 aromatic heterocycles. The van der Waals surface area contributed by atoms with Crippen LogP contribution in [0.25, 0.3) is 0 Å². The van der Waals surface area contributed by atoms with Crippen molar-refractivity contribution in [2.45, 2.75) is 19.8 Å². The molecule has 12 heavy (non-hydrogen) atoms. The third-order valence-electron chi connectivity index (χ3n) is 2.54. The molecule has 1 aliphatic rings. The molecule has 0 N–H and O–H groups in total. The molecule has 1 unspecified atom stereocenters. The summed E-state index contributed by atoms with van der Waals surface area (Å²) in [6.07, 6.45) is 4.82. The van der Waals surface area contributed by atoms with Gasteiger partial charge in [0.15, 0.2) is 0 Å². The van der Waals surface area contributed by atoms with Crippen LogP contribution in [0.3, 0.4) is 0 Å². The molecule has 1 aromatic carbocycles. The molecule has 0 saturated heterocycles. The van der Waals surface area contributed by atoms with Crippen LogP contribution in [0, 0.1) is 5.92 Å². The van der Waals surface area contributed by atoms with Crippen molar-refractivity contribution in [1.82, 2.24) is 0 Å². The predicted octanol–water partition coefficient (Wildman–Crippen LogP) is 3.20. The van der Waals surface area contributed by atoms with Crippen molar-refractivity contribution in [3.8, 4) is 0 Å². The van der Waals surface area contributed by atoms with Crippen LogP contribution in [0.1, 0.15) is 18.9 Å². The molecule has 0 heterocycles. The minimum atomic E-state index is 0.859. The van der Waals surface area contributed by atoms with E-state index in [2.05, 4.69) is 43.3 Å². The van der Waals surface area contributed by atoms with Gasteiger partial charge in [-0.15, -0.1) is 0 Å². The maximum atomic E-state index is 2.26. The Morgan fingerprint density at radius 3 is 2.67 bits per heavy atom. The summed E-state index contributed by atoms with van der Waals surface area (Å²) >= 11 is 0. The molecular weight excluding hydrogens is 144 g/mol. The fraction of sp³-hybridized carbons (Fsp3) is 0.333. The second-order valence-electron chi connectivity index (χ2n) is 3.45. The van der Waals surface area contributed by atoms with Crippen molar-refractivity contribution >= 4 is 0 Å². The molecular formula is C12H14.